The van der Waals surface area contributed by atoms with Gasteiger partial charge in [-0.15, -0.1) is 0 Å². The van der Waals surface area contributed by atoms with Gasteiger partial charge in [-0.3, -0.25) is 0 Å². The predicted molar refractivity (Wildman–Crippen MR) is 140 cm³/mol. The highest BCUT2D eigenvalue weighted by atomic mass is 16.5. The number of hydrogen-bond donors (Lipinski definition) is 2. The van der Waals surface area contributed by atoms with Gasteiger partial charge in [0.05, 0.1) is 17.3 Å². The van der Waals surface area contributed by atoms with E-state index in [4.69, 9.17) is 14.7 Å². The lowest BCUT2D eigenvalue weighted by Crippen LogP contribution is -2.27. The van der Waals surface area contributed by atoms with E-state index in [-0.39, 0.29) is 6.10 Å². The SMILES string of the molecule is Cc1cc(Nc2nc(-c3ccccc3)nc3ccccc23)c(OC(C)C)cc1C1CCNCC1. The third-order valence-corrected chi connectivity index (χ3v) is 6.40. The Labute approximate surface area is 201 Å². The topological polar surface area (TPSA) is 59.1 Å². The summed E-state index contributed by atoms with van der Waals surface area (Å²) in [7, 11) is 0. The van der Waals surface area contributed by atoms with E-state index in [0.29, 0.717) is 11.7 Å². The average Bonchev–Trinajstić information content (AvgIpc) is 2.86. The van der Waals surface area contributed by atoms with Crippen molar-refractivity contribution in [3.8, 4) is 17.1 Å². The molecule has 0 amide bonds. The van der Waals surface area contributed by atoms with Crippen molar-refractivity contribution in [2.75, 3.05) is 18.4 Å². The Hall–Kier alpha value is -3.44. The molecule has 0 saturated carbocycles. The van der Waals surface area contributed by atoms with Gasteiger partial charge < -0.3 is 15.4 Å². The third-order valence-electron chi connectivity index (χ3n) is 6.40. The molecular formula is C29H32N4O. The second kappa shape index (κ2) is 9.82. The first-order chi connectivity index (χ1) is 16.6. The summed E-state index contributed by atoms with van der Waals surface area (Å²) in [4.78, 5) is 9.77. The van der Waals surface area contributed by atoms with Crippen molar-refractivity contribution < 1.29 is 4.74 Å². The van der Waals surface area contributed by atoms with E-state index >= 15 is 0 Å². The van der Waals surface area contributed by atoms with Crippen molar-refractivity contribution in [2.24, 2.45) is 0 Å². The number of para-hydroxylation sites is 1. The zero-order valence-corrected chi connectivity index (χ0v) is 20.1. The summed E-state index contributed by atoms with van der Waals surface area (Å²) in [5, 5.41) is 8.07. The van der Waals surface area contributed by atoms with E-state index in [1.165, 1.54) is 11.1 Å². The van der Waals surface area contributed by atoms with Gasteiger partial charge in [-0.1, -0.05) is 42.5 Å². The summed E-state index contributed by atoms with van der Waals surface area (Å²) < 4.78 is 6.31. The van der Waals surface area contributed by atoms with Crippen LogP contribution in [0.4, 0.5) is 11.5 Å². The molecule has 5 nitrogen and oxygen atoms in total. The molecule has 0 atom stereocenters. The van der Waals surface area contributed by atoms with Gasteiger partial charge in [0, 0.05) is 10.9 Å². The van der Waals surface area contributed by atoms with Crippen molar-refractivity contribution in [3.63, 3.8) is 0 Å². The van der Waals surface area contributed by atoms with Gasteiger partial charge in [0.1, 0.15) is 11.6 Å². The van der Waals surface area contributed by atoms with E-state index in [1.807, 2.05) is 48.5 Å². The van der Waals surface area contributed by atoms with Gasteiger partial charge in [-0.25, -0.2) is 9.97 Å². The van der Waals surface area contributed by atoms with E-state index in [9.17, 15) is 0 Å². The van der Waals surface area contributed by atoms with Crippen molar-refractivity contribution in [2.45, 2.75) is 45.6 Å². The minimum Gasteiger partial charge on any atom is -0.489 e. The Balaban J connectivity index is 1.59. The summed E-state index contributed by atoms with van der Waals surface area (Å²) in [6, 6.07) is 22.7. The van der Waals surface area contributed by atoms with Gasteiger partial charge in [0.2, 0.25) is 0 Å². The van der Waals surface area contributed by atoms with Crippen LogP contribution in [-0.2, 0) is 0 Å². The fraction of sp³-hybridized carbons (Fsp3) is 0.310. The Morgan fingerprint density at radius 3 is 2.44 bits per heavy atom. The van der Waals surface area contributed by atoms with Crippen molar-refractivity contribution in [1.29, 1.82) is 0 Å². The van der Waals surface area contributed by atoms with E-state index < -0.39 is 0 Å². The number of benzene rings is 3. The Morgan fingerprint density at radius 2 is 1.68 bits per heavy atom. The van der Waals surface area contributed by atoms with Crippen LogP contribution in [0.5, 0.6) is 5.75 Å². The fourth-order valence-corrected chi connectivity index (χ4v) is 4.74. The first-order valence-corrected chi connectivity index (χ1v) is 12.2. The molecule has 2 N–H and O–H groups in total. The van der Waals surface area contributed by atoms with Gasteiger partial charge in [-0.2, -0.15) is 0 Å². The smallest absolute Gasteiger partial charge is 0.162 e. The number of fused-ring (bicyclic) bond motifs is 1. The zero-order chi connectivity index (χ0) is 23.5. The standard InChI is InChI=1S/C29H32N4O/c1-19(2)34-27-18-24(21-13-15-30-16-14-21)20(3)17-26(27)32-29-23-11-7-8-12-25(23)31-28(33-29)22-9-5-4-6-10-22/h4-12,17-19,21,30H,13-16H2,1-3H3,(H,31,32,33). The monoisotopic (exact) mass is 452 g/mol. The number of nitrogens with zero attached hydrogens (tertiary/aromatic N) is 2. The molecule has 0 bridgehead atoms. The van der Waals surface area contributed by atoms with Crippen LogP contribution in [-0.4, -0.2) is 29.2 Å². The average molecular weight is 453 g/mol. The maximum Gasteiger partial charge on any atom is 0.162 e. The summed E-state index contributed by atoms with van der Waals surface area (Å²) in [5.41, 5.74) is 5.51. The number of ether oxygens (including phenoxy) is 1. The minimum atomic E-state index is 0.0751. The highest BCUT2D eigenvalue weighted by Gasteiger charge is 2.21. The lowest BCUT2D eigenvalue weighted by atomic mass is 9.87. The second-order valence-electron chi connectivity index (χ2n) is 9.30. The summed E-state index contributed by atoms with van der Waals surface area (Å²) >= 11 is 0. The van der Waals surface area contributed by atoms with Crippen LogP contribution in [0.15, 0.2) is 66.7 Å². The largest absolute Gasteiger partial charge is 0.489 e. The van der Waals surface area contributed by atoms with Gasteiger partial charge in [0.25, 0.3) is 0 Å². The molecule has 1 aliphatic rings. The first-order valence-electron chi connectivity index (χ1n) is 12.2. The molecule has 1 saturated heterocycles. The van der Waals surface area contributed by atoms with Crippen LogP contribution in [0.2, 0.25) is 0 Å². The molecule has 2 heterocycles. The van der Waals surface area contributed by atoms with Gasteiger partial charge in [0.15, 0.2) is 5.82 Å². The summed E-state index contributed by atoms with van der Waals surface area (Å²) in [6.45, 7) is 8.48. The van der Waals surface area contributed by atoms with Crippen molar-refractivity contribution in [1.82, 2.24) is 15.3 Å². The molecule has 0 radical (unpaired) electrons. The molecule has 1 fully saturated rings. The number of nitrogens with one attached hydrogen (secondary N) is 2. The van der Waals surface area contributed by atoms with Crippen LogP contribution >= 0.6 is 0 Å². The molecule has 0 spiro atoms. The highest BCUT2D eigenvalue weighted by molar-refractivity contribution is 5.92. The summed E-state index contributed by atoms with van der Waals surface area (Å²) in [5.74, 6) is 2.93. The van der Waals surface area contributed by atoms with Gasteiger partial charge in [-0.05, 0) is 88.0 Å². The molecule has 3 aromatic carbocycles. The predicted octanol–water partition coefficient (Wildman–Crippen LogP) is 6.60. The highest BCUT2D eigenvalue weighted by Crippen LogP contribution is 2.38. The molecule has 5 heteroatoms. The lowest BCUT2D eigenvalue weighted by molar-refractivity contribution is 0.243. The quantitative estimate of drug-likeness (QED) is 0.345. The number of piperidine rings is 1. The fourth-order valence-electron chi connectivity index (χ4n) is 4.74. The number of hydrogen-bond acceptors (Lipinski definition) is 5. The number of aryl methyl sites for hydroxylation is 1. The first kappa shape index (κ1) is 22.4. The maximum atomic E-state index is 6.31. The normalized spacial score (nSPS) is 14.5. The maximum absolute atomic E-state index is 6.31. The summed E-state index contributed by atoms with van der Waals surface area (Å²) in [6.07, 6.45) is 2.39. The molecular weight excluding hydrogens is 420 g/mol. The Bertz CT molecular complexity index is 1280. The number of anilines is 2. The van der Waals surface area contributed by atoms with Crippen LogP contribution in [0.3, 0.4) is 0 Å². The molecule has 1 aliphatic heterocycles. The second-order valence-corrected chi connectivity index (χ2v) is 9.30. The van der Waals surface area contributed by atoms with Crippen molar-refractivity contribution >= 4 is 22.4 Å². The number of rotatable bonds is 6. The third kappa shape index (κ3) is 4.75. The zero-order valence-electron chi connectivity index (χ0n) is 20.1. The molecule has 5 rings (SSSR count). The van der Waals surface area contributed by atoms with E-state index in [1.54, 1.807) is 0 Å². The molecule has 1 aromatic heterocycles. The Kier molecular flexibility index (Phi) is 6.45. The van der Waals surface area contributed by atoms with E-state index in [2.05, 4.69) is 49.6 Å². The van der Waals surface area contributed by atoms with Gasteiger partial charge >= 0.3 is 0 Å². The van der Waals surface area contributed by atoms with Crippen LogP contribution < -0.4 is 15.4 Å². The molecule has 0 unspecified atom stereocenters. The van der Waals surface area contributed by atoms with Crippen molar-refractivity contribution in [3.05, 3.63) is 77.9 Å². The van der Waals surface area contributed by atoms with Crippen LogP contribution in [0, 0.1) is 6.92 Å². The number of aromatic nitrogens is 2. The van der Waals surface area contributed by atoms with Crippen LogP contribution in [0.1, 0.15) is 43.7 Å². The van der Waals surface area contributed by atoms with E-state index in [0.717, 1.165) is 59.7 Å². The molecule has 4 aromatic rings. The molecule has 174 valence electrons. The minimum absolute atomic E-state index is 0.0751. The van der Waals surface area contributed by atoms with Crippen LogP contribution in [0.25, 0.3) is 22.3 Å². The lowest BCUT2D eigenvalue weighted by Gasteiger charge is -2.26. The molecule has 0 aliphatic carbocycles. The Morgan fingerprint density at radius 1 is 0.941 bits per heavy atom. The molecule has 34 heavy (non-hydrogen) atoms.